The Hall–Kier alpha value is -1.67. The van der Waals surface area contributed by atoms with Crippen LogP contribution in [0.3, 0.4) is 0 Å². The first-order valence-electron chi connectivity index (χ1n) is 4.83. The molecular weight excluding hydrogens is 256 g/mol. The van der Waals surface area contributed by atoms with Crippen LogP contribution in [-0.2, 0) is 5.75 Å². The molecule has 3 heterocycles. The van der Waals surface area contributed by atoms with Crippen LogP contribution in [0, 0.1) is 0 Å². The highest BCUT2D eigenvalue weighted by Crippen LogP contribution is 2.23. The van der Waals surface area contributed by atoms with Gasteiger partial charge in [0.05, 0.1) is 5.75 Å². The molecule has 0 saturated heterocycles. The molecule has 0 amide bonds. The summed E-state index contributed by atoms with van der Waals surface area (Å²) >= 11 is 2.96. The van der Waals surface area contributed by atoms with Gasteiger partial charge in [0, 0.05) is 6.20 Å². The van der Waals surface area contributed by atoms with E-state index in [-0.39, 0.29) is 0 Å². The molecule has 3 rings (SSSR count). The topological polar surface area (TPSA) is 82.0 Å². The first-order valence-corrected chi connectivity index (χ1v) is 6.63. The van der Waals surface area contributed by atoms with Crippen LogP contribution < -0.4 is 5.73 Å². The Labute approximate surface area is 105 Å². The zero-order valence-electron chi connectivity index (χ0n) is 8.65. The van der Waals surface area contributed by atoms with E-state index in [1.54, 1.807) is 11.8 Å². The molecule has 3 aromatic heterocycles. The monoisotopic (exact) mass is 264 g/mol. The molecule has 0 bridgehead atoms. The fourth-order valence-electron chi connectivity index (χ4n) is 1.37. The van der Waals surface area contributed by atoms with E-state index >= 15 is 0 Å². The van der Waals surface area contributed by atoms with Crippen LogP contribution in [0.15, 0.2) is 29.6 Å². The second-order valence-corrected chi connectivity index (χ2v) is 5.27. The Morgan fingerprint density at radius 1 is 1.24 bits per heavy atom. The number of nitrogen functional groups attached to an aromatic ring is 1. The maximum atomic E-state index is 5.52. The van der Waals surface area contributed by atoms with Crippen LogP contribution in [0.1, 0.15) is 5.01 Å². The third-order valence-electron chi connectivity index (χ3n) is 2.09. The summed E-state index contributed by atoms with van der Waals surface area (Å²) in [4.78, 5) is 0. The van der Waals surface area contributed by atoms with Crippen LogP contribution >= 0.6 is 23.1 Å². The fourth-order valence-corrected chi connectivity index (χ4v) is 2.89. The summed E-state index contributed by atoms with van der Waals surface area (Å²) in [7, 11) is 0. The molecule has 3 aromatic rings. The number of hydrogen-bond donors (Lipinski definition) is 1. The number of pyridine rings is 1. The molecule has 2 N–H and O–H groups in total. The number of thioether (sulfide) groups is 1. The van der Waals surface area contributed by atoms with Gasteiger partial charge in [-0.05, 0) is 12.1 Å². The van der Waals surface area contributed by atoms with Crippen LogP contribution in [0.2, 0.25) is 0 Å². The largest absolute Gasteiger partial charge is 0.374 e. The first kappa shape index (κ1) is 10.5. The van der Waals surface area contributed by atoms with Crippen molar-refractivity contribution in [2.45, 2.75) is 10.9 Å². The van der Waals surface area contributed by atoms with Gasteiger partial charge in [-0.1, -0.05) is 29.2 Å². The van der Waals surface area contributed by atoms with Crippen molar-refractivity contribution in [1.29, 1.82) is 0 Å². The van der Waals surface area contributed by atoms with Gasteiger partial charge >= 0.3 is 0 Å². The summed E-state index contributed by atoms with van der Waals surface area (Å²) in [6.07, 6.45) is 1.94. The molecule has 0 aromatic carbocycles. The Bertz CT molecular complexity index is 646. The molecule has 0 atom stereocenters. The zero-order valence-corrected chi connectivity index (χ0v) is 10.3. The van der Waals surface area contributed by atoms with Crippen molar-refractivity contribution in [2.75, 3.05) is 5.73 Å². The van der Waals surface area contributed by atoms with Gasteiger partial charge in [0.1, 0.15) is 5.01 Å². The van der Waals surface area contributed by atoms with Crippen LogP contribution in [-0.4, -0.2) is 24.8 Å². The summed E-state index contributed by atoms with van der Waals surface area (Å²) in [5, 5.41) is 18.1. The van der Waals surface area contributed by atoms with Crippen molar-refractivity contribution < 1.29 is 0 Å². The maximum absolute atomic E-state index is 5.52. The number of rotatable bonds is 3. The highest BCUT2D eigenvalue weighted by Gasteiger charge is 2.07. The second-order valence-electron chi connectivity index (χ2n) is 3.23. The molecule has 0 radical (unpaired) electrons. The van der Waals surface area contributed by atoms with Crippen molar-refractivity contribution in [1.82, 2.24) is 24.8 Å². The van der Waals surface area contributed by atoms with Crippen LogP contribution in [0.25, 0.3) is 5.65 Å². The quantitative estimate of drug-likeness (QED) is 0.721. The van der Waals surface area contributed by atoms with E-state index < -0.39 is 0 Å². The van der Waals surface area contributed by atoms with Crippen LogP contribution in [0.5, 0.6) is 0 Å². The highest BCUT2D eigenvalue weighted by atomic mass is 32.2. The molecule has 86 valence electrons. The Morgan fingerprint density at radius 2 is 2.18 bits per heavy atom. The maximum Gasteiger partial charge on any atom is 0.203 e. The van der Waals surface area contributed by atoms with Gasteiger partial charge in [-0.15, -0.1) is 20.4 Å². The van der Waals surface area contributed by atoms with Gasteiger partial charge in [-0.25, -0.2) is 0 Å². The third kappa shape index (κ3) is 2.08. The number of nitrogens with two attached hydrogens (primary N) is 1. The first-order chi connectivity index (χ1) is 8.33. The fraction of sp³-hybridized carbons (Fsp3) is 0.111. The number of aromatic nitrogens is 5. The van der Waals surface area contributed by atoms with E-state index in [4.69, 9.17) is 5.73 Å². The SMILES string of the molecule is Nc1nnc(CSc2nnc3ccccn23)s1. The summed E-state index contributed by atoms with van der Waals surface area (Å²) < 4.78 is 1.94. The summed E-state index contributed by atoms with van der Waals surface area (Å²) in [5.74, 6) is 0.699. The van der Waals surface area contributed by atoms with Gasteiger partial charge in [-0.3, -0.25) is 4.40 Å². The predicted molar refractivity (Wildman–Crippen MR) is 66.9 cm³/mol. The van der Waals surface area contributed by atoms with Crippen molar-refractivity contribution in [3.63, 3.8) is 0 Å². The van der Waals surface area contributed by atoms with Crippen molar-refractivity contribution in [2.24, 2.45) is 0 Å². The molecule has 0 unspecified atom stereocenters. The minimum Gasteiger partial charge on any atom is -0.374 e. The Balaban J connectivity index is 1.81. The number of anilines is 1. The summed E-state index contributed by atoms with van der Waals surface area (Å²) in [5.41, 5.74) is 6.36. The number of hydrogen-bond acceptors (Lipinski definition) is 7. The van der Waals surface area contributed by atoms with E-state index in [0.717, 1.165) is 15.8 Å². The molecule has 0 aliphatic heterocycles. The smallest absolute Gasteiger partial charge is 0.203 e. The average Bonchev–Trinajstić information content (AvgIpc) is 2.93. The lowest BCUT2D eigenvalue weighted by atomic mass is 10.5. The zero-order chi connectivity index (χ0) is 11.7. The Kier molecular flexibility index (Phi) is 2.65. The average molecular weight is 264 g/mol. The van der Waals surface area contributed by atoms with Gasteiger partial charge in [0.2, 0.25) is 5.13 Å². The lowest BCUT2D eigenvalue weighted by Gasteiger charge is -1.96. The van der Waals surface area contributed by atoms with E-state index in [0.29, 0.717) is 10.9 Å². The summed E-state index contributed by atoms with van der Waals surface area (Å²) in [6, 6.07) is 5.80. The van der Waals surface area contributed by atoms with E-state index in [9.17, 15) is 0 Å². The van der Waals surface area contributed by atoms with Gasteiger partial charge in [0.25, 0.3) is 0 Å². The number of nitrogens with zero attached hydrogens (tertiary/aromatic N) is 5. The standard InChI is InChI=1S/C9H8N6S2/c10-8-13-12-7(17-8)5-16-9-14-11-6-3-1-2-4-15(6)9/h1-4H,5H2,(H2,10,13). The molecular formula is C9H8N6S2. The third-order valence-corrected chi connectivity index (χ3v) is 3.98. The molecule has 0 aliphatic carbocycles. The van der Waals surface area contributed by atoms with Gasteiger partial charge < -0.3 is 5.73 Å². The highest BCUT2D eigenvalue weighted by molar-refractivity contribution is 7.98. The molecule has 8 heteroatoms. The lowest BCUT2D eigenvalue weighted by Crippen LogP contribution is -1.87. The molecule has 0 saturated carbocycles. The molecule has 6 nitrogen and oxygen atoms in total. The van der Waals surface area contributed by atoms with Crippen molar-refractivity contribution >= 4 is 33.9 Å². The number of fused-ring (bicyclic) bond motifs is 1. The van der Waals surface area contributed by atoms with Crippen molar-refractivity contribution in [3.8, 4) is 0 Å². The van der Waals surface area contributed by atoms with E-state index in [1.807, 2.05) is 28.8 Å². The molecule has 0 aliphatic rings. The molecule has 0 fully saturated rings. The van der Waals surface area contributed by atoms with Crippen molar-refractivity contribution in [3.05, 3.63) is 29.4 Å². The van der Waals surface area contributed by atoms with Crippen LogP contribution in [0.4, 0.5) is 5.13 Å². The predicted octanol–water partition coefficient (Wildman–Crippen LogP) is 1.46. The molecule has 17 heavy (non-hydrogen) atoms. The minimum atomic E-state index is 0.492. The van der Waals surface area contributed by atoms with E-state index in [1.165, 1.54) is 11.3 Å². The normalized spacial score (nSPS) is 11.1. The second kappa shape index (κ2) is 4.30. The Morgan fingerprint density at radius 3 is 3.00 bits per heavy atom. The minimum absolute atomic E-state index is 0.492. The molecule has 0 spiro atoms. The summed E-state index contributed by atoms with van der Waals surface area (Å²) in [6.45, 7) is 0. The van der Waals surface area contributed by atoms with Gasteiger partial charge in [-0.2, -0.15) is 0 Å². The van der Waals surface area contributed by atoms with Gasteiger partial charge in [0.15, 0.2) is 10.8 Å². The lowest BCUT2D eigenvalue weighted by molar-refractivity contribution is 0.919. The van der Waals surface area contributed by atoms with E-state index in [2.05, 4.69) is 20.4 Å².